The molecule has 0 saturated carbocycles. The molecule has 0 aromatic carbocycles. The van der Waals surface area contributed by atoms with E-state index in [2.05, 4.69) is 22.4 Å². The zero-order chi connectivity index (χ0) is 13.8. The Kier molecular flexibility index (Phi) is 4.55. The first-order chi connectivity index (χ1) is 9.04. The van der Waals surface area contributed by atoms with Crippen LogP contribution in [0.3, 0.4) is 0 Å². The summed E-state index contributed by atoms with van der Waals surface area (Å²) in [5, 5.41) is 7.36. The Bertz CT molecular complexity index is 472. The minimum atomic E-state index is -0.0949. The smallest absolute Gasteiger partial charge is 0.268 e. The Balaban J connectivity index is 2.02. The van der Waals surface area contributed by atoms with Gasteiger partial charge in [-0.2, -0.15) is 5.10 Å². The number of morpholine rings is 1. The molecular formula is C13H22N4O2. The Morgan fingerprint density at radius 2 is 2.37 bits per heavy atom. The fraction of sp³-hybridized carbons (Fsp3) is 0.692. The number of anilines is 1. The van der Waals surface area contributed by atoms with Crippen molar-refractivity contribution in [1.29, 1.82) is 0 Å². The van der Waals surface area contributed by atoms with Crippen LogP contribution in [0, 0.1) is 0 Å². The van der Waals surface area contributed by atoms with Gasteiger partial charge in [0.05, 0.1) is 31.1 Å². The standard InChI is InChI=1S/C13H22N4O2/c1-10(2)15-11-6-13(18)17(14-7-11)9-12-8-16(3)4-5-19-12/h6-7,10,12,15H,4-5,8-9H2,1-3H3. The summed E-state index contributed by atoms with van der Waals surface area (Å²) in [6.45, 7) is 7.04. The molecule has 0 spiro atoms. The van der Waals surface area contributed by atoms with Gasteiger partial charge >= 0.3 is 0 Å². The average Bonchev–Trinajstić information content (AvgIpc) is 2.32. The van der Waals surface area contributed by atoms with Crippen LogP contribution in [0.15, 0.2) is 17.1 Å². The van der Waals surface area contributed by atoms with Gasteiger partial charge < -0.3 is 15.0 Å². The highest BCUT2D eigenvalue weighted by Crippen LogP contribution is 2.06. The molecule has 1 fully saturated rings. The summed E-state index contributed by atoms with van der Waals surface area (Å²) in [4.78, 5) is 14.2. The second kappa shape index (κ2) is 6.16. The number of ether oxygens (including phenoxy) is 1. The van der Waals surface area contributed by atoms with Crippen LogP contribution in [0.4, 0.5) is 5.69 Å². The van der Waals surface area contributed by atoms with Crippen LogP contribution in [-0.4, -0.2) is 53.6 Å². The van der Waals surface area contributed by atoms with Crippen LogP contribution in [0.5, 0.6) is 0 Å². The van der Waals surface area contributed by atoms with E-state index in [1.807, 2.05) is 13.8 Å². The molecule has 0 bridgehead atoms. The third-order valence-electron chi connectivity index (χ3n) is 3.04. The fourth-order valence-corrected chi connectivity index (χ4v) is 2.15. The van der Waals surface area contributed by atoms with Crippen molar-refractivity contribution in [3.63, 3.8) is 0 Å². The number of nitrogens with zero attached hydrogens (tertiary/aromatic N) is 3. The Morgan fingerprint density at radius 1 is 1.58 bits per heavy atom. The van der Waals surface area contributed by atoms with Gasteiger partial charge in [0.15, 0.2) is 0 Å². The normalized spacial score (nSPS) is 20.7. The minimum Gasteiger partial charge on any atom is -0.381 e. The summed E-state index contributed by atoms with van der Waals surface area (Å²) in [6, 6.07) is 1.87. The van der Waals surface area contributed by atoms with Gasteiger partial charge in [0, 0.05) is 25.2 Å². The number of hydrogen-bond acceptors (Lipinski definition) is 5. The molecule has 0 aliphatic carbocycles. The highest BCUT2D eigenvalue weighted by molar-refractivity contribution is 5.39. The van der Waals surface area contributed by atoms with Crippen molar-refractivity contribution in [3.05, 3.63) is 22.6 Å². The maximum absolute atomic E-state index is 12.0. The topological polar surface area (TPSA) is 59.4 Å². The molecule has 6 heteroatoms. The minimum absolute atomic E-state index is 0.0351. The predicted molar refractivity (Wildman–Crippen MR) is 74.5 cm³/mol. The summed E-state index contributed by atoms with van der Waals surface area (Å²) in [6.07, 6.45) is 1.72. The van der Waals surface area contributed by atoms with Crippen molar-refractivity contribution in [1.82, 2.24) is 14.7 Å². The van der Waals surface area contributed by atoms with E-state index in [9.17, 15) is 4.79 Å². The van der Waals surface area contributed by atoms with Crippen LogP contribution in [-0.2, 0) is 11.3 Å². The highest BCUT2D eigenvalue weighted by Gasteiger charge is 2.18. The highest BCUT2D eigenvalue weighted by atomic mass is 16.5. The quantitative estimate of drug-likeness (QED) is 0.854. The van der Waals surface area contributed by atoms with Crippen LogP contribution >= 0.6 is 0 Å². The molecule has 0 radical (unpaired) electrons. The second-order valence-electron chi connectivity index (χ2n) is 5.32. The molecule has 1 aliphatic rings. The zero-order valence-electron chi connectivity index (χ0n) is 11.8. The fourth-order valence-electron chi connectivity index (χ4n) is 2.15. The molecule has 1 aromatic rings. The molecule has 1 unspecified atom stereocenters. The van der Waals surface area contributed by atoms with Gasteiger partial charge in [-0.1, -0.05) is 0 Å². The molecule has 2 heterocycles. The van der Waals surface area contributed by atoms with E-state index in [1.54, 1.807) is 12.3 Å². The Hall–Kier alpha value is -1.40. The molecule has 0 amide bonds. The molecule has 1 aromatic heterocycles. The monoisotopic (exact) mass is 266 g/mol. The summed E-state index contributed by atoms with van der Waals surface area (Å²) < 4.78 is 7.11. The van der Waals surface area contributed by atoms with Crippen LogP contribution in [0.25, 0.3) is 0 Å². The van der Waals surface area contributed by atoms with Gasteiger partial charge in [0.2, 0.25) is 0 Å². The average molecular weight is 266 g/mol. The zero-order valence-corrected chi connectivity index (χ0v) is 11.8. The molecule has 1 aliphatic heterocycles. The van der Waals surface area contributed by atoms with Gasteiger partial charge in [0.25, 0.3) is 5.56 Å². The van der Waals surface area contributed by atoms with Gasteiger partial charge in [-0.25, -0.2) is 4.68 Å². The van der Waals surface area contributed by atoms with E-state index in [4.69, 9.17) is 4.74 Å². The van der Waals surface area contributed by atoms with Crippen molar-refractivity contribution in [2.45, 2.75) is 32.5 Å². The molecule has 106 valence electrons. The van der Waals surface area contributed by atoms with E-state index >= 15 is 0 Å². The van der Waals surface area contributed by atoms with Gasteiger partial charge in [0.1, 0.15) is 0 Å². The number of aromatic nitrogens is 2. The van der Waals surface area contributed by atoms with E-state index in [0.717, 1.165) is 18.8 Å². The number of nitrogens with one attached hydrogen (secondary N) is 1. The lowest BCUT2D eigenvalue weighted by Gasteiger charge is -2.29. The number of hydrogen-bond donors (Lipinski definition) is 1. The molecular weight excluding hydrogens is 244 g/mol. The summed E-state index contributed by atoms with van der Waals surface area (Å²) in [7, 11) is 2.06. The third-order valence-corrected chi connectivity index (χ3v) is 3.04. The summed E-state index contributed by atoms with van der Waals surface area (Å²) in [5.74, 6) is 0. The van der Waals surface area contributed by atoms with Crippen molar-refractivity contribution < 1.29 is 4.74 Å². The van der Waals surface area contributed by atoms with E-state index in [-0.39, 0.29) is 17.7 Å². The maximum Gasteiger partial charge on any atom is 0.268 e. The lowest BCUT2D eigenvalue weighted by molar-refractivity contribution is -0.0296. The Labute approximate surface area is 113 Å². The number of likely N-dealkylation sites (N-methyl/N-ethyl adjacent to an activating group) is 1. The molecule has 6 nitrogen and oxygen atoms in total. The first kappa shape index (κ1) is 14.0. The van der Waals surface area contributed by atoms with Crippen molar-refractivity contribution in [2.24, 2.45) is 0 Å². The molecule has 2 rings (SSSR count). The lowest BCUT2D eigenvalue weighted by Crippen LogP contribution is -2.43. The first-order valence-electron chi connectivity index (χ1n) is 6.68. The van der Waals surface area contributed by atoms with Gasteiger partial charge in [-0.15, -0.1) is 0 Å². The first-order valence-corrected chi connectivity index (χ1v) is 6.68. The predicted octanol–water partition coefficient (Wildman–Crippen LogP) is 0.394. The second-order valence-corrected chi connectivity index (χ2v) is 5.32. The maximum atomic E-state index is 12.0. The summed E-state index contributed by atoms with van der Waals surface area (Å²) >= 11 is 0. The lowest BCUT2D eigenvalue weighted by atomic mass is 10.3. The van der Waals surface area contributed by atoms with Crippen molar-refractivity contribution in [2.75, 3.05) is 32.1 Å². The van der Waals surface area contributed by atoms with Gasteiger partial charge in [-0.05, 0) is 20.9 Å². The molecule has 1 atom stereocenters. The van der Waals surface area contributed by atoms with E-state index in [1.165, 1.54) is 4.68 Å². The SMILES string of the molecule is CC(C)Nc1cnn(CC2CN(C)CCO2)c(=O)c1. The largest absolute Gasteiger partial charge is 0.381 e. The number of rotatable bonds is 4. The Morgan fingerprint density at radius 3 is 3.00 bits per heavy atom. The molecule has 1 saturated heterocycles. The van der Waals surface area contributed by atoms with Crippen LogP contribution in [0.2, 0.25) is 0 Å². The molecule has 1 N–H and O–H groups in total. The van der Waals surface area contributed by atoms with Gasteiger partial charge in [-0.3, -0.25) is 4.79 Å². The van der Waals surface area contributed by atoms with E-state index < -0.39 is 0 Å². The summed E-state index contributed by atoms with van der Waals surface area (Å²) in [5.41, 5.74) is 0.667. The molecule has 19 heavy (non-hydrogen) atoms. The van der Waals surface area contributed by atoms with Crippen molar-refractivity contribution >= 4 is 5.69 Å². The van der Waals surface area contributed by atoms with Crippen LogP contribution < -0.4 is 10.9 Å². The van der Waals surface area contributed by atoms with Crippen LogP contribution in [0.1, 0.15) is 13.8 Å². The van der Waals surface area contributed by atoms with Crippen molar-refractivity contribution in [3.8, 4) is 0 Å². The van der Waals surface area contributed by atoms with E-state index in [0.29, 0.717) is 13.2 Å². The third kappa shape index (κ3) is 4.04.